The van der Waals surface area contributed by atoms with Crippen molar-refractivity contribution in [3.63, 3.8) is 0 Å². The monoisotopic (exact) mass is 333 g/mol. The summed E-state index contributed by atoms with van der Waals surface area (Å²) >= 11 is 1.55. The number of carbonyl (C=O) groups excluding carboxylic acids is 1. The SMILES string of the molecule is Cc1nc(C(O)CNC(C)CCc2ccc(NC=O)cc2)cs1. The van der Waals surface area contributed by atoms with E-state index in [0.29, 0.717) is 19.0 Å². The number of thiazole rings is 1. The maximum absolute atomic E-state index is 10.4. The maximum Gasteiger partial charge on any atom is 0.211 e. The lowest BCUT2D eigenvalue weighted by Crippen LogP contribution is -2.30. The summed E-state index contributed by atoms with van der Waals surface area (Å²) in [5.41, 5.74) is 2.77. The van der Waals surface area contributed by atoms with E-state index < -0.39 is 6.10 Å². The van der Waals surface area contributed by atoms with Gasteiger partial charge < -0.3 is 15.7 Å². The van der Waals surface area contributed by atoms with Gasteiger partial charge in [-0.3, -0.25) is 4.79 Å². The molecular weight excluding hydrogens is 310 g/mol. The minimum Gasteiger partial charge on any atom is -0.385 e. The largest absolute Gasteiger partial charge is 0.385 e. The number of aliphatic hydroxyl groups excluding tert-OH is 1. The second kappa shape index (κ2) is 8.76. The topological polar surface area (TPSA) is 74.2 Å². The van der Waals surface area contributed by atoms with Gasteiger partial charge in [0.15, 0.2) is 0 Å². The van der Waals surface area contributed by atoms with Gasteiger partial charge in [-0.15, -0.1) is 11.3 Å². The number of hydrogen-bond donors (Lipinski definition) is 3. The first-order chi connectivity index (χ1) is 11.1. The van der Waals surface area contributed by atoms with Crippen LogP contribution in [0.4, 0.5) is 5.69 Å². The average Bonchev–Trinajstić information content (AvgIpc) is 2.99. The number of carbonyl (C=O) groups is 1. The van der Waals surface area contributed by atoms with E-state index in [1.165, 1.54) is 5.56 Å². The van der Waals surface area contributed by atoms with Crippen molar-refractivity contribution in [1.29, 1.82) is 0 Å². The fourth-order valence-electron chi connectivity index (χ4n) is 2.27. The number of hydrogen-bond acceptors (Lipinski definition) is 5. The lowest BCUT2D eigenvalue weighted by Gasteiger charge is -2.16. The fourth-order valence-corrected chi connectivity index (χ4v) is 2.93. The van der Waals surface area contributed by atoms with Crippen LogP contribution in [-0.2, 0) is 11.2 Å². The van der Waals surface area contributed by atoms with E-state index in [-0.39, 0.29) is 0 Å². The molecule has 3 N–H and O–H groups in total. The zero-order valence-corrected chi connectivity index (χ0v) is 14.3. The van der Waals surface area contributed by atoms with Gasteiger partial charge in [0.1, 0.15) is 6.10 Å². The highest BCUT2D eigenvalue weighted by molar-refractivity contribution is 7.09. The summed E-state index contributed by atoms with van der Waals surface area (Å²) < 4.78 is 0. The number of aryl methyl sites for hydroxylation is 2. The highest BCUT2D eigenvalue weighted by Gasteiger charge is 2.12. The highest BCUT2D eigenvalue weighted by atomic mass is 32.1. The van der Waals surface area contributed by atoms with E-state index in [1.54, 1.807) is 11.3 Å². The van der Waals surface area contributed by atoms with Crippen LogP contribution in [0.5, 0.6) is 0 Å². The Morgan fingerprint density at radius 3 is 2.70 bits per heavy atom. The number of aliphatic hydroxyl groups is 1. The molecule has 1 amide bonds. The van der Waals surface area contributed by atoms with Crippen molar-refractivity contribution >= 4 is 23.4 Å². The Kier molecular flexibility index (Phi) is 6.70. The van der Waals surface area contributed by atoms with Crippen molar-refractivity contribution in [2.24, 2.45) is 0 Å². The van der Waals surface area contributed by atoms with Crippen LogP contribution in [0.15, 0.2) is 29.6 Å². The summed E-state index contributed by atoms with van der Waals surface area (Å²) in [5.74, 6) is 0. The van der Waals surface area contributed by atoms with Crippen LogP contribution < -0.4 is 10.6 Å². The lowest BCUT2D eigenvalue weighted by atomic mass is 10.1. The minimum absolute atomic E-state index is 0.303. The third-order valence-electron chi connectivity index (χ3n) is 3.68. The Hall–Kier alpha value is -1.76. The zero-order chi connectivity index (χ0) is 16.7. The summed E-state index contributed by atoms with van der Waals surface area (Å²) in [6.45, 7) is 4.56. The van der Waals surface area contributed by atoms with Crippen LogP contribution in [-0.4, -0.2) is 29.1 Å². The van der Waals surface area contributed by atoms with Gasteiger partial charge in [-0.25, -0.2) is 4.98 Å². The van der Waals surface area contributed by atoms with Crippen LogP contribution >= 0.6 is 11.3 Å². The normalized spacial score (nSPS) is 13.5. The number of nitrogens with one attached hydrogen (secondary N) is 2. The van der Waals surface area contributed by atoms with E-state index in [2.05, 4.69) is 22.5 Å². The number of amides is 1. The summed E-state index contributed by atoms with van der Waals surface area (Å²) in [4.78, 5) is 14.7. The third kappa shape index (κ3) is 5.74. The molecule has 1 heterocycles. The Balaban J connectivity index is 1.72. The smallest absolute Gasteiger partial charge is 0.211 e. The number of rotatable bonds is 9. The van der Waals surface area contributed by atoms with Crippen LogP contribution in [0.25, 0.3) is 0 Å². The average molecular weight is 333 g/mol. The Morgan fingerprint density at radius 2 is 2.09 bits per heavy atom. The van der Waals surface area contributed by atoms with E-state index in [4.69, 9.17) is 0 Å². The number of nitrogens with zero attached hydrogens (tertiary/aromatic N) is 1. The number of aromatic nitrogens is 1. The van der Waals surface area contributed by atoms with Gasteiger partial charge in [0, 0.05) is 23.7 Å². The molecule has 2 aromatic rings. The minimum atomic E-state index is -0.559. The molecule has 5 nitrogen and oxygen atoms in total. The Morgan fingerprint density at radius 1 is 1.35 bits per heavy atom. The first-order valence-corrected chi connectivity index (χ1v) is 8.59. The molecule has 2 rings (SSSR count). The molecule has 0 aliphatic heterocycles. The van der Waals surface area contributed by atoms with Crippen molar-refractivity contribution in [2.45, 2.75) is 38.8 Å². The van der Waals surface area contributed by atoms with Crippen molar-refractivity contribution in [2.75, 3.05) is 11.9 Å². The molecule has 0 saturated carbocycles. The van der Waals surface area contributed by atoms with Gasteiger partial charge in [-0.05, 0) is 44.4 Å². The number of benzene rings is 1. The van der Waals surface area contributed by atoms with Crippen LogP contribution in [0.3, 0.4) is 0 Å². The molecule has 2 atom stereocenters. The van der Waals surface area contributed by atoms with E-state index >= 15 is 0 Å². The number of anilines is 1. The van der Waals surface area contributed by atoms with Gasteiger partial charge in [0.2, 0.25) is 6.41 Å². The molecule has 0 radical (unpaired) electrons. The molecule has 6 heteroatoms. The lowest BCUT2D eigenvalue weighted by molar-refractivity contribution is -0.105. The molecule has 1 aromatic carbocycles. The molecule has 0 spiro atoms. The molecule has 23 heavy (non-hydrogen) atoms. The summed E-state index contributed by atoms with van der Waals surface area (Å²) in [5, 5.41) is 18.9. The van der Waals surface area contributed by atoms with E-state index in [9.17, 15) is 9.90 Å². The highest BCUT2D eigenvalue weighted by Crippen LogP contribution is 2.16. The second-order valence-electron chi connectivity index (χ2n) is 5.61. The molecule has 0 fully saturated rings. The first kappa shape index (κ1) is 17.6. The standard InChI is InChI=1S/C17H23N3O2S/c1-12(18-9-17(22)16-10-23-13(2)20-16)3-4-14-5-7-15(8-6-14)19-11-21/h5-8,10-12,17-18,22H,3-4,9H2,1-2H3,(H,19,21). The van der Waals surface area contributed by atoms with Crippen molar-refractivity contribution < 1.29 is 9.90 Å². The molecule has 2 unspecified atom stereocenters. The third-order valence-corrected chi connectivity index (χ3v) is 4.48. The van der Waals surface area contributed by atoms with Crippen LogP contribution in [0.1, 0.15) is 35.7 Å². The molecular formula is C17H23N3O2S. The predicted molar refractivity (Wildman–Crippen MR) is 93.7 cm³/mol. The van der Waals surface area contributed by atoms with Gasteiger partial charge in [-0.1, -0.05) is 12.1 Å². The molecule has 1 aromatic heterocycles. The molecule has 0 saturated heterocycles. The maximum atomic E-state index is 10.4. The van der Waals surface area contributed by atoms with Gasteiger partial charge in [0.25, 0.3) is 0 Å². The van der Waals surface area contributed by atoms with E-state index in [0.717, 1.165) is 29.2 Å². The van der Waals surface area contributed by atoms with Gasteiger partial charge in [0.05, 0.1) is 10.7 Å². The Bertz CT molecular complexity index is 613. The molecule has 124 valence electrons. The fraction of sp³-hybridized carbons (Fsp3) is 0.412. The van der Waals surface area contributed by atoms with Gasteiger partial charge >= 0.3 is 0 Å². The quantitative estimate of drug-likeness (QED) is 0.617. The van der Waals surface area contributed by atoms with Gasteiger partial charge in [-0.2, -0.15) is 0 Å². The van der Waals surface area contributed by atoms with Crippen molar-refractivity contribution in [3.05, 3.63) is 45.9 Å². The summed E-state index contributed by atoms with van der Waals surface area (Å²) in [7, 11) is 0. The summed E-state index contributed by atoms with van der Waals surface area (Å²) in [6.07, 6.45) is 2.04. The first-order valence-electron chi connectivity index (χ1n) is 7.71. The second-order valence-corrected chi connectivity index (χ2v) is 6.68. The van der Waals surface area contributed by atoms with E-state index in [1.807, 2.05) is 36.6 Å². The van der Waals surface area contributed by atoms with Crippen LogP contribution in [0, 0.1) is 6.92 Å². The molecule has 0 bridgehead atoms. The predicted octanol–water partition coefficient (Wildman–Crippen LogP) is 2.66. The molecule has 0 aliphatic rings. The summed E-state index contributed by atoms with van der Waals surface area (Å²) in [6, 6.07) is 8.14. The van der Waals surface area contributed by atoms with Crippen molar-refractivity contribution in [1.82, 2.24) is 10.3 Å². The van der Waals surface area contributed by atoms with Crippen molar-refractivity contribution in [3.8, 4) is 0 Å². The molecule has 0 aliphatic carbocycles. The Labute approximate surface area is 140 Å². The van der Waals surface area contributed by atoms with Crippen LogP contribution in [0.2, 0.25) is 0 Å². The zero-order valence-electron chi connectivity index (χ0n) is 13.5.